The summed E-state index contributed by atoms with van der Waals surface area (Å²) in [4.78, 5) is 38.4. The van der Waals surface area contributed by atoms with Crippen LogP contribution in [0.15, 0.2) is 67.4 Å². The number of benzene rings is 2. The number of allylic oxidation sites excluding steroid dienone is 1. The van der Waals surface area contributed by atoms with E-state index in [-0.39, 0.29) is 18.0 Å². The van der Waals surface area contributed by atoms with E-state index in [1.165, 1.54) is 30.3 Å². The fourth-order valence-corrected chi connectivity index (χ4v) is 3.94. The Morgan fingerprint density at radius 1 is 1.11 bits per heavy atom. The van der Waals surface area contributed by atoms with Crippen molar-refractivity contribution in [1.82, 2.24) is 0 Å². The molecular weight excluding hydrogens is 467 g/mol. The lowest BCUT2D eigenvalue weighted by atomic mass is 10.2. The first kappa shape index (κ1) is 26.6. The van der Waals surface area contributed by atoms with Crippen LogP contribution in [0, 0.1) is 23.6 Å². The number of hydrogen-bond acceptors (Lipinski definition) is 6. The molecule has 2 aromatic rings. The Kier molecular flexibility index (Phi) is 8.97. The number of amides is 2. The van der Waals surface area contributed by atoms with Gasteiger partial charge in [0.05, 0.1) is 50.6 Å². The molecule has 1 aliphatic rings. The number of anilines is 2. The zero-order valence-corrected chi connectivity index (χ0v) is 20.4. The summed E-state index contributed by atoms with van der Waals surface area (Å²) in [6, 6.07) is 11.3. The third kappa shape index (κ3) is 6.17. The predicted octanol–water partition coefficient (Wildman–Crippen LogP) is 4.08. The van der Waals surface area contributed by atoms with Gasteiger partial charge in [0.15, 0.2) is 0 Å². The lowest BCUT2D eigenvalue weighted by Crippen LogP contribution is -2.23. The largest absolute Gasteiger partial charge is 0.497 e. The van der Waals surface area contributed by atoms with Gasteiger partial charge in [-0.2, -0.15) is 0 Å². The Morgan fingerprint density at radius 2 is 1.83 bits per heavy atom. The van der Waals surface area contributed by atoms with Gasteiger partial charge in [0.2, 0.25) is 5.91 Å². The first-order chi connectivity index (χ1) is 17.3. The quantitative estimate of drug-likeness (QED) is 0.372. The zero-order valence-electron chi connectivity index (χ0n) is 20.4. The summed E-state index contributed by atoms with van der Waals surface area (Å²) in [5.41, 5.74) is 1.12. The van der Waals surface area contributed by atoms with E-state index in [4.69, 9.17) is 14.2 Å². The molecule has 0 radical (unpaired) electrons. The molecule has 0 aliphatic heterocycles. The normalized spacial score (nSPS) is 18.4. The smallest absolute Gasteiger partial charge is 0.309 e. The molecule has 1 saturated carbocycles. The minimum absolute atomic E-state index is 0.0661. The summed E-state index contributed by atoms with van der Waals surface area (Å²) in [7, 11) is 2.84. The van der Waals surface area contributed by atoms with Crippen LogP contribution in [0.2, 0.25) is 0 Å². The fourth-order valence-electron chi connectivity index (χ4n) is 3.94. The van der Waals surface area contributed by atoms with Gasteiger partial charge in [0, 0.05) is 18.2 Å². The number of ether oxygens (including phenoxy) is 3. The van der Waals surface area contributed by atoms with Crippen LogP contribution in [-0.4, -0.2) is 38.6 Å². The van der Waals surface area contributed by atoms with E-state index in [1.807, 2.05) is 24.3 Å². The van der Waals surface area contributed by atoms with Gasteiger partial charge >= 0.3 is 5.97 Å². The zero-order chi connectivity index (χ0) is 26.2. The molecule has 1 aliphatic carbocycles. The minimum atomic E-state index is -0.727. The van der Waals surface area contributed by atoms with Gasteiger partial charge in [-0.1, -0.05) is 24.8 Å². The molecule has 0 heterocycles. The molecule has 2 amide bonds. The van der Waals surface area contributed by atoms with Crippen molar-refractivity contribution >= 4 is 29.2 Å². The van der Waals surface area contributed by atoms with Gasteiger partial charge in [0.25, 0.3) is 5.91 Å². The van der Waals surface area contributed by atoms with Gasteiger partial charge in [0.1, 0.15) is 11.6 Å². The van der Waals surface area contributed by atoms with E-state index in [2.05, 4.69) is 11.9 Å². The summed E-state index contributed by atoms with van der Waals surface area (Å²) in [6.07, 6.45) is 4.23. The molecule has 0 bridgehead atoms. The maximum Gasteiger partial charge on any atom is 0.309 e. The molecule has 0 saturated heterocycles. The second-order valence-corrected chi connectivity index (χ2v) is 8.15. The Labute approximate surface area is 209 Å². The number of carbonyl (C=O) groups is 3. The van der Waals surface area contributed by atoms with Crippen LogP contribution in [0.1, 0.15) is 12.5 Å². The van der Waals surface area contributed by atoms with E-state index in [1.54, 1.807) is 20.1 Å². The monoisotopic (exact) mass is 496 g/mol. The number of methoxy groups -OCH3 is 2. The minimum Gasteiger partial charge on any atom is -0.497 e. The van der Waals surface area contributed by atoms with Crippen LogP contribution < -0.4 is 15.0 Å². The fraction of sp³-hybridized carbons (Fsp3) is 0.296. The maximum atomic E-state index is 14.8. The van der Waals surface area contributed by atoms with Crippen LogP contribution in [0.3, 0.4) is 0 Å². The highest BCUT2D eigenvalue weighted by Crippen LogP contribution is 2.48. The molecule has 8 nitrogen and oxygen atoms in total. The second-order valence-electron chi connectivity index (χ2n) is 8.15. The number of esters is 1. The van der Waals surface area contributed by atoms with E-state index < -0.39 is 41.4 Å². The highest BCUT2D eigenvalue weighted by Gasteiger charge is 2.59. The summed E-state index contributed by atoms with van der Waals surface area (Å²) < 4.78 is 30.5. The highest BCUT2D eigenvalue weighted by atomic mass is 19.1. The molecule has 2 aromatic carbocycles. The molecule has 1 N–H and O–H groups in total. The molecule has 190 valence electrons. The molecule has 9 heteroatoms. The molecule has 36 heavy (non-hydrogen) atoms. The SMILES string of the molecule is C=CC(=O)N(C=CC)c1ccc(NC(=O)[C@H]2C(C(=O)OC)[C@@H]2COCc2ccc(OC)cc2)c(F)c1. The molecule has 3 atom stereocenters. The number of carbonyl (C=O) groups excluding carboxylic acids is 3. The Bertz CT molecular complexity index is 1150. The Balaban J connectivity index is 1.65. The van der Waals surface area contributed by atoms with Gasteiger partial charge in [-0.05, 0) is 42.8 Å². The predicted molar refractivity (Wildman–Crippen MR) is 133 cm³/mol. The number of rotatable bonds is 11. The number of nitrogens with one attached hydrogen (secondary N) is 1. The van der Waals surface area contributed by atoms with Crippen molar-refractivity contribution in [1.29, 1.82) is 0 Å². The maximum absolute atomic E-state index is 14.8. The number of nitrogens with zero attached hydrogens (tertiary/aromatic N) is 1. The van der Waals surface area contributed by atoms with E-state index >= 15 is 0 Å². The Hall–Kier alpha value is -3.98. The summed E-state index contributed by atoms with van der Waals surface area (Å²) in [5.74, 6) is -3.25. The van der Waals surface area contributed by atoms with Crippen molar-refractivity contribution < 1.29 is 33.0 Å². The van der Waals surface area contributed by atoms with Crippen LogP contribution in [-0.2, 0) is 30.5 Å². The average molecular weight is 497 g/mol. The molecular formula is C27H29FN2O6. The molecule has 0 spiro atoms. The summed E-state index contributed by atoms with van der Waals surface area (Å²) in [6.45, 7) is 5.62. The van der Waals surface area contributed by atoms with Gasteiger partial charge in [-0.25, -0.2) is 4.39 Å². The lowest BCUT2D eigenvalue weighted by molar-refractivity contribution is -0.143. The van der Waals surface area contributed by atoms with Crippen molar-refractivity contribution in [2.75, 3.05) is 31.0 Å². The van der Waals surface area contributed by atoms with Crippen LogP contribution >= 0.6 is 0 Å². The van der Waals surface area contributed by atoms with E-state index in [0.29, 0.717) is 6.61 Å². The van der Waals surface area contributed by atoms with E-state index in [0.717, 1.165) is 23.5 Å². The first-order valence-corrected chi connectivity index (χ1v) is 11.3. The van der Waals surface area contributed by atoms with Gasteiger partial charge in [-0.3, -0.25) is 19.3 Å². The average Bonchev–Trinajstić information content (AvgIpc) is 3.62. The van der Waals surface area contributed by atoms with Gasteiger partial charge < -0.3 is 19.5 Å². The topological polar surface area (TPSA) is 94.2 Å². The third-order valence-electron chi connectivity index (χ3n) is 5.88. The number of halogens is 1. The Morgan fingerprint density at radius 3 is 2.42 bits per heavy atom. The second kappa shape index (κ2) is 12.1. The highest BCUT2D eigenvalue weighted by molar-refractivity contribution is 6.03. The standard InChI is InChI=1S/C27H29FN2O6/c1-5-13-30(23(31)6-2)18-9-12-22(21(28)14-18)29-26(32)24-20(25(24)27(33)35-4)16-36-15-17-7-10-19(34-3)11-8-17/h5-14,20,24-25H,2,15-16H2,1,3-4H3,(H,29,32)/t20-,24-,25?/m1/s1. The van der Waals surface area contributed by atoms with Crippen LogP contribution in [0.4, 0.5) is 15.8 Å². The molecule has 1 unspecified atom stereocenters. The van der Waals surface area contributed by atoms with Crippen molar-refractivity contribution in [2.45, 2.75) is 13.5 Å². The van der Waals surface area contributed by atoms with Crippen LogP contribution in [0.5, 0.6) is 5.75 Å². The molecule has 0 aromatic heterocycles. The van der Waals surface area contributed by atoms with Gasteiger partial charge in [-0.15, -0.1) is 0 Å². The van der Waals surface area contributed by atoms with Crippen molar-refractivity contribution in [3.05, 3.63) is 78.8 Å². The van der Waals surface area contributed by atoms with Crippen LogP contribution in [0.25, 0.3) is 0 Å². The molecule has 3 rings (SSSR count). The summed E-state index contributed by atoms with van der Waals surface area (Å²) in [5, 5.41) is 2.54. The number of hydrogen-bond donors (Lipinski definition) is 1. The third-order valence-corrected chi connectivity index (χ3v) is 5.88. The van der Waals surface area contributed by atoms with Crippen molar-refractivity contribution in [3.63, 3.8) is 0 Å². The van der Waals surface area contributed by atoms with Crippen molar-refractivity contribution in [3.8, 4) is 5.75 Å². The lowest BCUT2D eigenvalue weighted by Gasteiger charge is -2.17. The molecule has 1 fully saturated rings. The van der Waals surface area contributed by atoms with Crippen molar-refractivity contribution in [2.24, 2.45) is 17.8 Å². The van der Waals surface area contributed by atoms with E-state index in [9.17, 15) is 18.8 Å². The first-order valence-electron chi connectivity index (χ1n) is 11.3. The summed E-state index contributed by atoms with van der Waals surface area (Å²) >= 11 is 0.